The zero-order chi connectivity index (χ0) is 23.2. The van der Waals surface area contributed by atoms with Crippen molar-refractivity contribution in [1.29, 1.82) is 0 Å². The van der Waals surface area contributed by atoms with E-state index in [1.807, 2.05) is 24.3 Å². The molecule has 0 radical (unpaired) electrons. The van der Waals surface area contributed by atoms with Gasteiger partial charge in [-0.05, 0) is 24.3 Å². The average Bonchev–Trinajstić information content (AvgIpc) is 3.25. The zero-order valence-corrected chi connectivity index (χ0v) is 17.5. The SMILES string of the molecule is O=c1[nH][nH]c2c1c(=O)n(-c1ccccc1F)c1nc(NC[C@H]3COc4ccccc4O3)ncc21. The Balaban J connectivity index is 1.42. The van der Waals surface area contributed by atoms with Crippen LogP contribution in [0.15, 0.2) is 64.3 Å². The van der Waals surface area contributed by atoms with Gasteiger partial charge in [-0.25, -0.2) is 9.37 Å². The van der Waals surface area contributed by atoms with Gasteiger partial charge in [0.15, 0.2) is 17.1 Å². The number of benzene rings is 2. The molecule has 3 aromatic heterocycles. The number of pyridine rings is 1. The quantitative estimate of drug-likeness (QED) is 0.376. The second-order valence-electron chi connectivity index (χ2n) is 7.73. The Morgan fingerprint density at radius 3 is 2.74 bits per heavy atom. The number of H-pyrrole nitrogens is 2. The molecule has 4 heterocycles. The summed E-state index contributed by atoms with van der Waals surface area (Å²) >= 11 is 0. The van der Waals surface area contributed by atoms with Gasteiger partial charge in [0.2, 0.25) is 5.95 Å². The molecular weight excluding hydrogens is 443 g/mol. The van der Waals surface area contributed by atoms with Gasteiger partial charge in [-0.3, -0.25) is 24.4 Å². The number of halogens is 1. The molecule has 0 fully saturated rings. The first kappa shape index (κ1) is 20.0. The summed E-state index contributed by atoms with van der Waals surface area (Å²) in [5, 5.41) is 8.44. The lowest BCUT2D eigenvalue weighted by atomic mass is 10.2. The number of aromatic nitrogens is 5. The van der Waals surface area contributed by atoms with E-state index in [-0.39, 0.29) is 34.3 Å². The smallest absolute Gasteiger partial charge is 0.277 e. The number of nitrogens with zero attached hydrogens (tertiary/aromatic N) is 3. The van der Waals surface area contributed by atoms with Gasteiger partial charge in [0.05, 0.1) is 23.1 Å². The minimum absolute atomic E-state index is 0.0229. The average molecular weight is 460 g/mol. The predicted octanol–water partition coefficient (Wildman–Crippen LogP) is 2.34. The molecule has 10 nitrogen and oxygen atoms in total. The number of hydrogen-bond donors (Lipinski definition) is 3. The van der Waals surface area contributed by atoms with Crippen molar-refractivity contribution in [2.75, 3.05) is 18.5 Å². The van der Waals surface area contributed by atoms with E-state index in [1.54, 1.807) is 6.07 Å². The van der Waals surface area contributed by atoms with Gasteiger partial charge in [0, 0.05) is 6.20 Å². The lowest BCUT2D eigenvalue weighted by Crippen LogP contribution is -2.35. The molecule has 34 heavy (non-hydrogen) atoms. The first-order chi connectivity index (χ1) is 16.6. The molecule has 0 unspecified atom stereocenters. The number of anilines is 1. The summed E-state index contributed by atoms with van der Waals surface area (Å²) in [4.78, 5) is 34.3. The molecule has 11 heteroatoms. The maximum Gasteiger partial charge on any atom is 0.277 e. The Morgan fingerprint density at radius 1 is 1.09 bits per heavy atom. The molecule has 0 saturated carbocycles. The second-order valence-corrected chi connectivity index (χ2v) is 7.73. The van der Waals surface area contributed by atoms with Gasteiger partial charge in [-0.2, -0.15) is 4.98 Å². The number of aromatic amines is 2. The van der Waals surface area contributed by atoms with Gasteiger partial charge in [-0.15, -0.1) is 0 Å². The van der Waals surface area contributed by atoms with Crippen LogP contribution < -0.4 is 25.9 Å². The summed E-state index contributed by atoms with van der Waals surface area (Å²) in [5.41, 5.74) is -0.930. The summed E-state index contributed by atoms with van der Waals surface area (Å²) in [6, 6.07) is 13.2. The third kappa shape index (κ3) is 3.17. The van der Waals surface area contributed by atoms with Crippen molar-refractivity contribution in [2.24, 2.45) is 0 Å². The van der Waals surface area contributed by atoms with Gasteiger partial charge >= 0.3 is 0 Å². The van der Waals surface area contributed by atoms with E-state index >= 15 is 0 Å². The molecule has 6 rings (SSSR count). The second kappa shape index (κ2) is 7.73. The molecule has 0 bridgehead atoms. The maximum atomic E-state index is 14.7. The number of fused-ring (bicyclic) bond motifs is 4. The van der Waals surface area contributed by atoms with Crippen molar-refractivity contribution in [3.63, 3.8) is 0 Å². The van der Waals surface area contributed by atoms with Crippen molar-refractivity contribution in [1.82, 2.24) is 24.7 Å². The predicted molar refractivity (Wildman–Crippen MR) is 122 cm³/mol. The number of nitrogens with one attached hydrogen (secondary N) is 3. The Bertz CT molecular complexity index is 1670. The van der Waals surface area contributed by atoms with Crippen LogP contribution >= 0.6 is 0 Å². The van der Waals surface area contributed by atoms with Crippen LogP contribution in [-0.4, -0.2) is 44.0 Å². The third-order valence-corrected chi connectivity index (χ3v) is 5.59. The molecule has 2 aromatic carbocycles. The fraction of sp³-hybridized carbons (Fsp3) is 0.130. The molecule has 1 aliphatic heterocycles. The Kier molecular flexibility index (Phi) is 4.54. The van der Waals surface area contributed by atoms with E-state index in [9.17, 15) is 14.0 Å². The van der Waals surface area contributed by atoms with Crippen LogP contribution in [0, 0.1) is 5.82 Å². The van der Waals surface area contributed by atoms with Gasteiger partial charge < -0.3 is 14.8 Å². The standard InChI is InChI=1S/C23H17FN6O4/c24-14-5-1-2-6-15(14)30-20-13(19-18(22(30)32)21(31)29-28-19)10-26-23(27-20)25-9-12-11-33-16-7-3-4-8-17(16)34-12/h1-8,10,12H,9,11H2,(H,25,26,27)(H2,28,29,31)/t12-/m0/s1. The summed E-state index contributed by atoms with van der Waals surface area (Å²) in [6.45, 7) is 0.662. The molecule has 170 valence electrons. The molecule has 0 amide bonds. The summed E-state index contributed by atoms with van der Waals surface area (Å²) < 4.78 is 27.4. The fourth-order valence-corrected chi connectivity index (χ4v) is 4.00. The summed E-state index contributed by atoms with van der Waals surface area (Å²) in [7, 11) is 0. The Morgan fingerprint density at radius 2 is 1.88 bits per heavy atom. The Labute approximate surface area is 190 Å². The van der Waals surface area contributed by atoms with Crippen molar-refractivity contribution < 1.29 is 13.9 Å². The van der Waals surface area contributed by atoms with E-state index < -0.39 is 16.9 Å². The molecule has 1 aliphatic rings. The van der Waals surface area contributed by atoms with E-state index in [2.05, 4.69) is 25.5 Å². The largest absolute Gasteiger partial charge is 0.486 e. The van der Waals surface area contributed by atoms with Gasteiger partial charge in [0.1, 0.15) is 23.9 Å². The highest BCUT2D eigenvalue weighted by molar-refractivity contribution is 6.01. The van der Waals surface area contributed by atoms with Crippen molar-refractivity contribution in [3.05, 3.63) is 81.3 Å². The lowest BCUT2D eigenvalue weighted by molar-refractivity contribution is 0.0996. The Hall–Kier alpha value is -4.67. The van der Waals surface area contributed by atoms with Crippen LogP contribution in [0.1, 0.15) is 0 Å². The molecule has 0 aliphatic carbocycles. The normalized spacial score (nSPS) is 15.0. The van der Waals surface area contributed by atoms with Crippen LogP contribution in [0.5, 0.6) is 11.5 Å². The first-order valence-corrected chi connectivity index (χ1v) is 10.5. The first-order valence-electron chi connectivity index (χ1n) is 10.5. The van der Waals surface area contributed by atoms with Crippen LogP contribution in [0.4, 0.5) is 10.3 Å². The number of ether oxygens (including phenoxy) is 2. The summed E-state index contributed by atoms with van der Waals surface area (Å²) in [5.74, 6) is 0.903. The van der Waals surface area contributed by atoms with E-state index in [1.165, 1.54) is 24.4 Å². The minimum Gasteiger partial charge on any atom is -0.486 e. The lowest BCUT2D eigenvalue weighted by Gasteiger charge is -2.26. The molecule has 0 saturated heterocycles. The van der Waals surface area contributed by atoms with Crippen LogP contribution in [-0.2, 0) is 0 Å². The molecule has 3 N–H and O–H groups in total. The third-order valence-electron chi connectivity index (χ3n) is 5.59. The van der Waals surface area contributed by atoms with Crippen LogP contribution in [0.25, 0.3) is 27.6 Å². The van der Waals surface area contributed by atoms with Crippen molar-refractivity contribution in [3.8, 4) is 17.2 Å². The number of para-hydroxylation sites is 3. The highest BCUT2D eigenvalue weighted by atomic mass is 19.1. The monoisotopic (exact) mass is 460 g/mol. The van der Waals surface area contributed by atoms with E-state index in [4.69, 9.17) is 9.47 Å². The topological polar surface area (TPSA) is 127 Å². The minimum atomic E-state index is -0.694. The van der Waals surface area contributed by atoms with Crippen molar-refractivity contribution in [2.45, 2.75) is 6.10 Å². The van der Waals surface area contributed by atoms with E-state index in [0.717, 1.165) is 4.57 Å². The zero-order valence-electron chi connectivity index (χ0n) is 17.5. The molecular formula is C23H17FN6O4. The highest BCUT2D eigenvalue weighted by Gasteiger charge is 2.22. The van der Waals surface area contributed by atoms with Crippen LogP contribution in [0.2, 0.25) is 0 Å². The fourth-order valence-electron chi connectivity index (χ4n) is 4.00. The highest BCUT2D eigenvalue weighted by Crippen LogP contribution is 2.31. The molecule has 5 aromatic rings. The number of rotatable bonds is 4. The van der Waals surface area contributed by atoms with Gasteiger partial charge in [-0.1, -0.05) is 24.3 Å². The molecule has 1 atom stereocenters. The maximum absolute atomic E-state index is 14.7. The van der Waals surface area contributed by atoms with E-state index in [0.29, 0.717) is 30.0 Å². The van der Waals surface area contributed by atoms with Gasteiger partial charge in [0.25, 0.3) is 11.1 Å². The molecule has 0 spiro atoms. The number of hydrogen-bond acceptors (Lipinski definition) is 7. The summed E-state index contributed by atoms with van der Waals surface area (Å²) in [6.07, 6.45) is 1.17. The van der Waals surface area contributed by atoms with Crippen LogP contribution in [0.3, 0.4) is 0 Å². The van der Waals surface area contributed by atoms with Crippen molar-refractivity contribution >= 4 is 27.9 Å².